The number of rotatable bonds is 3. The molecule has 0 bridgehead atoms. The number of amides is 2. The van der Waals surface area contributed by atoms with Gasteiger partial charge in [-0.25, -0.2) is 0 Å². The number of hydrogen-bond acceptors (Lipinski definition) is 2. The molecule has 0 aromatic heterocycles. The van der Waals surface area contributed by atoms with Crippen LogP contribution in [0.25, 0.3) is 0 Å². The number of anilines is 2. The van der Waals surface area contributed by atoms with Crippen molar-refractivity contribution in [2.45, 2.75) is 46.0 Å². The summed E-state index contributed by atoms with van der Waals surface area (Å²) in [5.74, 6) is 0.416. The molecule has 22 heavy (non-hydrogen) atoms. The van der Waals surface area contributed by atoms with Crippen LogP contribution >= 0.6 is 0 Å². The van der Waals surface area contributed by atoms with Crippen molar-refractivity contribution in [3.63, 3.8) is 0 Å². The number of hydrogen-bond donors (Lipinski definition) is 1. The van der Waals surface area contributed by atoms with Gasteiger partial charge in [-0.3, -0.25) is 9.59 Å². The maximum Gasteiger partial charge on any atom is 0.230 e. The van der Waals surface area contributed by atoms with Gasteiger partial charge in [-0.2, -0.15) is 0 Å². The van der Waals surface area contributed by atoms with E-state index in [1.54, 1.807) is 0 Å². The van der Waals surface area contributed by atoms with Crippen molar-refractivity contribution in [3.05, 3.63) is 23.8 Å². The lowest BCUT2D eigenvalue weighted by Gasteiger charge is -2.22. The van der Waals surface area contributed by atoms with Crippen LogP contribution < -0.4 is 10.2 Å². The van der Waals surface area contributed by atoms with Crippen LogP contribution in [0, 0.1) is 11.8 Å². The van der Waals surface area contributed by atoms with Crippen LogP contribution in [-0.4, -0.2) is 18.4 Å². The molecule has 118 valence electrons. The van der Waals surface area contributed by atoms with Crippen LogP contribution in [-0.2, 0) is 16.0 Å². The SMILES string of the molecule is CC(C)C(=O)Nc1ccc2c(c1)N(C(=O)C1CCCC1)CC2. The van der Waals surface area contributed by atoms with Crippen LogP contribution in [0.3, 0.4) is 0 Å². The predicted octanol–water partition coefficient (Wildman–Crippen LogP) is 3.36. The van der Waals surface area contributed by atoms with Crippen molar-refractivity contribution >= 4 is 23.2 Å². The van der Waals surface area contributed by atoms with Crippen LogP contribution in [0.15, 0.2) is 18.2 Å². The third-order valence-corrected chi connectivity index (χ3v) is 4.74. The number of nitrogens with one attached hydrogen (secondary N) is 1. The van der Waals surface area contributed by atoms with Gasteiger partial charge >= 0.3 is 0 Å². The van der Waals surface area contributed by atoms with Gasteiger partial charge in [-0.05, 0) is 37.0 Å². The van der Waals surface area contributed by atoms with Crippen molar-refractivity contribution in [2.24, 2.45) is 11.8 Å². The molecule has 4 heteroatoms. The lowest BCUT2D eigenvalue weighted by molar-refractivity contribution is -0.122. The zero-order valence-corrected chi connectivity index (χ0v) is 13.4. The molecule has 1 saturated carbocycles. The van der Waals surface area contributed by atoms with E-state index < -0.39 is 0 Å². The van der Waals surface area contributed by atoms with E-state index in [-0.39, 0.29) is 23.7 Å². The zero-order chi connectivity index (χ0) is 15.7. The van der Waals surface area contributed by atoms with Crippen LogP contribution in [0.5, 0.6) is 0 Å². The van der Waals surface area contributed by atoms with E-state index in [1.165, 1.54) is 18.4 Å². The van der Waals surface area contributed by atoms with Crippen molar-refractivity contribution in [1.29, 1.82) is 0 Å². The molecule has 3 rings (SSSR count). The van der Waals surface area contributed by atoms with Gasteiger partial charge in [0, 0.05) is 29.8 Å². The molecular formula is C18H24N2O2. The Balaban J connectivity index is 1.79. The summed E-state index contributed by atoms with van der Waals surface area (Å²) in [4.78, 5) is 26.5. The van der Waals surface area contributed by atoms with Crippen LogP contribution in [0.4, 0.5) is 11.4 Å². The number of carbonyl (C=O) groups is 2. The Morgan fingerprint density at radius 2 is 1.95 bits per heavy atom. The highest BCUT2D eigenvalue weighted by atomic mass is 16.2. The van der Waals surface area contributed by atoms with E-state index in [0.29, 0.717) is 0 Å². The molecule has 4 nitrogen and oxygen atoms in total. The first-order chi connectivity index (χ1) is 10.6. The summed E-state index contributed by atoms with van der Waals surface area (Å²) in [5, 5.41) is 2.92. The minimum absolute atomic E-state index is 0.00613. The molecule has 0 atom stereocenters. The van der Waals surface area contributed by atoms with Gasteiger partial charge in [0.1, 0.15) is 0 Å². The smallest absolute Gasteiger partial charge is 0.230 e. The number of benzene rings is 1. The van der Waals surface area contributed by atoms with E-state index in [1.807, 2.05) is 36.9 Å². The van der Waals surface area contributed by atoms with Crippen molar-refractivity contribution in [1.82, 2.24) is 0 Å². The topological polar surface area (TPSA) is 49.4 Å². The summed E-state index contributed by atoms with van der Waals surface area (Å²) < 4.78 is 0. The molecule has 2 amide bonds. The standard InChI is InChI=1S/C18H24N2O2/c1-12(2)17(21)19-15-8-7-13-9-10-20(16(13)11-15)18(22)14-5-3-4-6-14/h7-8,11-12,14H,3-6,9-10H2,1-2H3,(H,19,21). The van der Waals surface area contributed by atoms with Gasteiger partial charge in [-0.1, -0.05) is 32.8 Å². The fraction of sp³-hybridized carbons (Fsp3) is 0.556. The van der Waals surface area contributed by atoms with Crippen molar-refractivity contribution in [2.75, 3.05) is 16.8 Å². The minimum Gasteiger partial charge on any atom is -0.326 e. The maximum absolute atomic E-state index is 12.7. The van der Waals surface area contributed by atoms with Gasteiger partial charge in [0.25, 0.3) is 0 Å². The molecule has 1 aromatic rings. The molecule has 1 aliphatic heterocycles. The van der Waals surface area contributed by atoms with E-state index >= 15 is 0 Å². The first-order valence-electron chi connectivity index (χ1n) is 8.31. The highest BCUT2D eigenvalue weighted by molar-refractivity contribution is 5.99. The summed E-state index contributed by atoms with van der Waals surface area (Å²) in [6.45, 7) is 4.52. The fourth-order valence-electron chi connectivity index (χ4n) is 3.37. The zero-order valence-electron chi connectivity index (χ0n) is 13.4. The highest BCUT2D eigenvalue weighted by Crippen LogP contribution is 2.35. The first-order valence-corrected chi connectivity index (χ1v) is 8.31. The normalized spacial score (nSPS) is 17.9. The molecule has 2 aliphatic rings. The Hall–Kier alpha value is -1.84. The van der Waals surface area contributed by atoms with Gasteiger partial charge < -0.3 is 10.2 Å². The third-order valence-electron chi connectivity index (χ3n) is 4.74. The molecule has 1 fully saturated rings. The van der Waals surface area contributed by atoms with Crippen LogP contribution in [0.2, 0.25) is 0 Å². The Morgan fingerprint density at radius 1 is 1.23 bits per heavy atom. The summed E-state index contributed by atoms with van der Waals surface area (Å²) in [5.41, 5.74) is 2.97. The molecule has 1 aliphatic carbocycles. The molecule has 1 aromatic carbocycles. The Bertz CT molecular complexity index is 589. The fourth-order valence-corrected chi connectivity index (χ4v) is 3.37. The second kappa shape index (κ2) is 6.11. The summed E-state index contributed by atoms with van der Waals surface area (Å²) in [6, 6.07) is 5.92. The molecule has 0 unspecified atom stereocenters. The monoisotopic (exact) mass is 300 g/mol. The van der Waals surface area contributed by atoms with Crippen molar-refractivity contribution in [3.8, 4) is 0 Å². The number of nitrogens with zero attached hydrogens (tertiary/aromatic N) is 1. The largest absolute Gasteiger partial charge is 0.326 e. The number of fused-ring (bicyclic) bond motifs is 1. The minimum atomic E-state index is -0.0514. The highest BCUT2D eigenvalue weighted by Gasteiger charge is 2.31. The quantitative estimate of drug-likeness (QED) is 0.930. The van der Waals surface area contributed by atoms with Crippen LogP contribution in [0.1, 0.15) is 45.1 Å². The molecule has 1 heterocycles. The summed E-state index contributed by atoms with van der Waals surface area (Å²) >= 11 is 0. The Kier molecular flexibility index (Phi) is 4.19. The van der Waals surface area contributed by atoms with Gasteiger partial charge in [0.2, 0.25) is 11.8 Å². The maximum atomic E-state index is 12.7. The predicted molar refractivity (Wildman–Crippen MR) is 87.9 cm³/mol. The van der Waals surface area contributed by atoms with Gasteiger partial charge in [0.15, 0.2) is 0 Å². The lowest BCUT2D eigenvalue weighted by Crippen LogP contribution is -2.33. The molecule has 1 N–H and O–H groups in total. The van der Waals surface area contributed by atoms with E-state index in [9.17, 15) is 9.59 Å². The average Bonchev–Trinajstić information content (AvgIpc) is 3.15. The number of carbonyl (C=O) groups excluding carboxylic acids is 2. The Labute approximate surface area is 131 Å². The molecule has 0 spiro atoms. The van der Waals surface area contributed by atoms with Crippen molar-refractivity contribution < 1.29 is 9.59 Å². The van der Waals surface area contributed by atoms with E-state index in [4.69, 9.17) is 0 Å². The van der Waals surface area contributed by atoms with E-state index in [0.717, 1.165) is 37.2 Å². The summed E-state index contributed by atoms with van der Waals surface area (Å²) in [7, 11) is 0. The van der Waals surface area contributed by atoms with Gasteiger partial charge in [-0.15, -0.1) is 0 Å². The third kappa shape index (κ3) is 2.87. The second-order valence-corrected chi connectivity index (χ2v) is 6.71. The molecule has 0 radical (unpaired) electrons. The van der Waals surface area contributed by atoms with Gasteiger partial charge in [0.05, 0.1) is 0 Å². The first kappa shape index (κ1) is 15.1. The van der Waals surface area contributed by atoms with E-state index in [2.05, 4.69) is 5.32 Å². The summed E-state index contributed by atoms with van der Waals surface area (Å²) in [6.07, 6.45) is 5.29. The molecule has 0 saturated heterocycles. The molecular weight excluding hydrogens is 276 g/mol. The Morgan fingerprint density at radius 3 is 2.64 bits per heavy atom. The second-order valence-electron chi connectivity index (χ2n) is 6.71. The average molecular weight is 300 g/mol. The lowest BCUT2D eigenvalue weighted by atomic mass is 10.1.